The molecule has 1 aliphatic rings. The van der Waals surface area contributed by atoms with Crippen molar-refractivity contribution in [3.05, 3.63) is 89.4 Å². The smallest absolute Gasteiger partial charge is 0.355 e. The Morgan fingerprint density at radius 2 is 1.88 bits per heavy atom. The third-order valence-corrected chi connectivity index (χ3v) is 7.97. The fourth-order valence-electron chi connectivity index (χ4n) is 5.18. The number of nitrogens with one attached hydrogen (secondary N) is 1. The van der Waals surface area contributed by atoms with Crippen molar-refractivity contribution in [3.63, 3.8) is 0 Å². The van der Waals surface area contributed by atoms with E-state index in [1.54, 1.807) is 12.3 Å². The number of thiazole rings is 1. The molecule has 0 spiro atoms. The minimum atomic E-state index is -1.10. The Kier molecular flexibility index (Phi) is 6.78. The number of carboxylic acids is 1. The second-order valence-corrected chi connectivity index (χ2v) is 12.4. The monoisotopic (exact) mass is 566 g/mol. The summed E-state index contributed by atoms with van der Waals surface area (Å²) in [6.07, 6.45) is 4.26. The summed E-state index contributed by atoms with van der Waals surface area (Å²) in [6, 6.07) is 17.2. The normalized spacial score (nSPS) is 13.3. The van der Waals surface area contributed by atoms with E-state index < -0.39 is 5.97 Å². The lowest BCUT2D eigenvalue weighted by Gasteiger charge is -2.31. The molecular weight excluding hydrogens is 536 g/mol. The van der Waals surface area contributed by atoms with Gasteiger partial charge in [0, 0.05) is 42.5 Å². The van der Waals surface area contributed by atoms with E-state index in [2.05, 4.69) is 41.2 Å². The molecule has 41 heavy (non-hydrogen) atoms. The van der Waals surface area contributed by atoms with Crippen LogP contribution >= 0.6 is 11.3 Å². The Bertz CT molecular complexity index is 1750. The van der Waals surface area contributed by atoms with Gasteiger partial charge in [0.1, 0.15) is 5.82 Å². The number of benzene rings is 2. The van der Waals surface area contributed by atoms with Gasteiger partial charge in [0.25, 0.3) is 5.91 Å². The minimum absolute atomic E-state index is 0.0227. The zero-order valence-corrected chi connectivity index (χ0v) is 23.9. The molecule has 0 radical (unpaired) electrons. The predicted molar refractivity (Wildman–Crippen MR) is 161 cm³/mol. The van der Waals surface area contributed by atoms with E-state index in [9.17, 15) is 14.7 Å². The van der Waals surface area contributed by atoms with Crippen molar-refractivity contribution in [1.82, 2.24) is 19.7 Å². The number of anilines is 2. The average molecular weight is 567 g/mol. The Hall–Kier alpha value is -4.57. The number of aromatic carboxylic acids is 1. The Morgan fingerprint density at radius 1 is 1.05 bits per heavy atom. The van der Waals surface area contributed by atoms with Gasteiger partial charge in [-0.15, -0.1) is 0 Å². The fraction of sp³-hybridized carbons (Fsp3) is 0.258. The van der Waals surface area contributed by atoms with E-state index in [0.29, 0.717) is 53.7 Å². The van der Waals surface area contributed by atoms with Crippen molar-refractivity contribution in [3.8, 4) is 11.1 Å². The summed E-state index contributed by atoms with van der Waals surface area (Å²) in [4.78, 5) is 36.8. The van der Waals surface area contributed by atoms with Crippen LogP contribution in [0.25, 0.3) is 21.3 Å². The van der Waals surface area contributed by atoms with Gasteiger partial charge in [-0.1, -0.05) is 56.4 Å². The van der Waals surface area contributed by atoms with Crippen LogP contribution in [0.15, 0.2) is 67.0 Å². The molecular formula is C31H30N6O3S. The van der Waals surface area contributed by atoms with Crippen molar-refractivity contribution in [2.24, 2.45) is 5.41 Å². The van der Waals surface area contributed by atoms with Gasteiger partial charge in [0.05, 0.1) is 16.4 Å². The lowest BCUT2D eigenvalue weighted by atomic mass is 9.94. The summed E-state index contributed by atoms with van der Waals surface area (Å²) >= 11 is 1.44. The number of carbonyl (C=O) groups excluding carboxylic acids is 1. The molecule has 5 aromatic rings. The van der Waals surface area contributed by atoms with E-state index in [-0.39, 0.29) is 17.0 Å². The van der Waals surface area contributed by atoms with Crippen molar-refractivity contribution in [1.29, 1.82) is 0 Å². The number of carbonyl (C=O) groups is 2. The first kappa shape index (κ1) is 26.6. The van der Waals surface area contributed by atoms with Crippen LogP contribution in [0.1, 0.15) is 52.7 Å². The highest BCUT2D eigenvalue weighted by Gasteiger charge is 2.25. The first-order valence-electron chi connectivity index (χ1n) is 13.4. The van der Waals surface area contributed by atoms with Crippen LogP contribution in [0, 0.1) is 5.41 Å². The highest BCUT2D eigenvalue weighted by molar-refractivity contribution is 7.22. The third-order valence-electron chi connectivity index (χ3n) is 7.02. The molecule has 0 unspecified atom stereocenters. The highest BCUT2D eigenvalue weighted by Crippen LogP contribution is 2.31. The summed E-state index contributed by atoms with van der Waals surface area (Å²) in [7, 11) is 0. The van der Waals surface area contributed by atoms with Crippen LogP contribution in [0.3, 0.4) is 0 Å². The number of carboxylic acid groups (broad SMARTS) is 1. The van der Waals surface area contributed by atoms with Gasteiger partial charge in [-0.25, -0.2) is 14.8 Å². The van der Waals surface area contributed by atoms with Gasteiger partial charge in [-0.3, -0.25) is 14.8 Å². The molecule has 208 valence electrons. The number of amides is 1. The largest absolute Gasteiger partial charge is 0.476 e. The zero-order valence-electron chi connectivity index (χ0n) is 23.1. The molecule has 3 aromatic heterocycles. The maximum Gasteiger partial charge on any atom is 0.355 e. The molecule has 9 nitrogen and oxygen atoms in total. The predicted octanol–water partition coefficient (Wildman–Crippen LogP) is 6.11. The van der Waals surface area contributed by atoms with Crippen LogP contribution in [0.4, 0.5) is 10.9 Å². The van der Waals surface area contributed by atoms with E-state index >= 15 is 0 Å². The standard InChI is InChI=1S/C31H30N6O3S/c1-31(2,3)18-37-16-20(15-32-37)21-11-12-26(34-27(21)29(39)40)36-14-13-19-7-6-8-22(23(19)17-36)28(38)35-30-33-24-9-4-5-10-25(24)41-30/h4-12,15-16H,13-14,17-18H2,1-3H3,(H,39,40)(H,33,35,38). The summed E-state index contributed by atoms with van der Waals surface area (Å²) in [5.41, 5.74) is 4.68. The highest BCUT2D eigenvalue weighted by atomic mass is 32.1. The maximum atomic E-state index is 13.4. The van der Waals surface area contributed by atoms with Crippen LogP contribution in [-0.2, 0) is 19.5 Å². The molecule has 6 rings (SSSR count). The molecule has 0 saturated heterocycles. The lowest BCUT2D eigenvalue weighted by Crippen LogP contribution is -2.33. The SMILES string of the molecule is CC(C)(C)Cn1cc(-c2ccc(N3CCc4cccc(C(=O)Nc5nc6ccccc6s5)c4C3)nc2C(=O)O)cn1. The molecule has 1 amide bonds. The first-order valence-corrected chi connectivity index (χ1v) is 14.3. The van der Waals surface area contributed by atoms with Crippen LogP contribution < -0.4 is 10.2 Å². The van der Waals surface area contributed by atoms with E-state index in [0.717, 1.165) is 21.3 Å². The number of para-hydroxylation sites is 1. The Morgan fingerprint density at radius 3 is 2.66 bits per heavy atom. The topological polar surface area (TPSA) is 113 Å². The van der Waals surface area contributed by atoms with Crippen molar-refractivity contribution >= 4 is 44.4 Å². The van der Waals surface area contributed by atoms with Gasteiger partial charge in [0.15, 0.2) is 10.8 Å². The first-order chi connectivity index (χ1) is 19.6. The molecule has 0 bridgehead atoms. The molecule has 0 aliphatic carbocycles. The van der Waals surface area contributed by atoms with Crippen LogP contribution in [-0.4, -0.2) is 43.3 Å². The molecule has 1 aliphatic heterocycles. The number of rotatable bonds is 6. The fourth-order valence-corrected chi connectivity index (χ4v) is 6.04. The lowest BCUT2D eigenvalue weighted by molar-refractivity contribution is 0.0691. The van der Waals surface area contributed by atoms with Crippen LogP contribution in [0.5, 0.6) is 0 Å². The van der Waals surface area contributed by atoms with E-state index in [1.807, 2.05) is 64.3 Å². The minimum Gasteiger partial charge on any atom is -0.476 e. The molecule has 4 heterocycles. The molecule has 0 saturated carbocycles. The van der Waals surface area contributed by atoms with Crippen molar-refractivity contribution in [2.45, 2.75) is 40.3 Å². The number of aromatic nitrogens is 4. The third kappa shape index (κ3) is 5.55. The molecule has 0 fully saturated rings. The van der Waals surface area contributed by atoms with Gasteiger partial charge < -0.3 is 10.0 Å². The number of pyridine rings is 1. The maximum absolute atomic E-state index is 13.4. The van der Waals surface area contributed by atoms with Crippen LogP contribution in [0.2, 0.25) is 0 Å². The van der Waals surface area contributed by atoms with Gasteiger partial charge in [-0.05, 0) is 53.3 Å². The summed E-state index contributed by atoms with van der Waals surface area (Å²) in [6.45, 7) is 8.18. The number of fused-ring (bicyclic) bond motifs is 2. The molecule has 2 aromatic carbocycles. The second-order valence-electron chi connectivity index (χ2n) is 11.4. The van der Waals surface area contributed by atoms with Gasteiger partial charge in [-0.2, -0.15) is 5.10 Å². The van der Waals surface area contributed by atoms with E-state index in [4.69, 9.17) is 0 Å². The second kappa shape index (κ2) is 10.4. The molecule has 0 atom stereocenters. The average Bonchev–Trinajstić information content (AvgIpc) is 3.57. The Labute approximate surface area is 241 Å². The summed E-state index contributed by atoms with van der Waals surface area (Å²) in [5.74, 6) is -0.761. The molecule has 2 N–H and O–H groups in total. The number of hydrogen-bond acceptors (Lipinski definition) is 7. The zero-order chi connectivity index (χ0) is 28.7. The van der Waals surface area contributed by atoms with Gasteiger partial charge in [0.2, 0.25) is 0 Å². The summed E-state index contributed by atoms with van der Waals surface area (Å²) in [5, 5.41) is 18.0. The summed E-state index contributed by atoms with van der Waals surface area (Å²) < 4.78 is 2.84. The molecule has 10 heteroatoms. The number of hydrogen-bond donors (Lipinski definition) is 2. The quantitative estimate of drug-likeness (QED) is 0.255. The van der Waals surface area contributed by atoms with E-state index in [1.165, 1.54) is 11.3 Å². The number of nitrogens with zero attached hydrogens (tertiary/aromatic N) is 5. The van der Waals surface area contributed by atoms with Gasteiger partial charge >= 0.3 is 5.97 Å². The van der Waals surface area contributed by atoms with Crippen molar-refractivity contribution in [2.75, 3.05) is 16.8 Å². The van der Waals surface area contributed by atoms with Crippen molar-refractivity contribution < 1.29 is 14.7 Å². The Balaban J connectivity index is 1.26.